The number of nitrogens with one attached hydrogen (secondary N) is 1. The summed E-state index contributed by atoms with van der Waals surface area (Å²) in [6.07, 6.45) is 5.38. The maximum absolute atomic E-state index is 11.9. The van der Waals surface area contributed by atoms with E-state index in [0.29, 0.717) is 19.0 Å². The van der Waals surface area contributed by atoms with Crippen molar-refractivity contribution in [3.05, 3.63) is 11.1 Å². The molecular formula is C15H26N4OS. The summed E-state index contributed by atoms with van der Waals surface area (Å²) < 4.78 is 0. The lowest BCUT2D eigenvalue weighted by Gasteiger charge is -2.32. The maximum atomic E-state index is 11.9. The molecule has 1 aromatic heterocycles. The van der Waals surface area contributed by atoms with E-state index < -0.39 is 0 Å². The Hall–Kier alpha value is -1.14. The third-order valence-corrected chi connectivity index (χ3v) is 5.07. The quantitative estimate of drug-likeness (QED) is 0.874. The summed E-state index contributed by atoms with van der Waals surface area (Å²) in [5, 5.41) is 5.95. The van der Waals surface area contributed by atoms with Gasteiger partial charge in [-0.15, -0.1) is 11.3 Å². The summed E-state index contributed by atoms with van der Waals surface area (Å²) in [5.41, 5.74) is 0.937. The Kier molecular flexibility index (Phi) is 5.99. The van der Waals surface area contributed by atoms with Gasteiger partial charge in [0.2, 0.25) is 5.91 Å². The van der Waals surface area contributed by atoms with Crippen LogP contribution in [-0.2, 0) is 11.3 Å². The Morgan fingerprint density at radius 3 is 3.00 bits per heavy atom. The van der Waals surface area contributed by atoms with Crippen LogP contribution in [0.25, 0.3) is 0 Å². The minimum atomic E-state index is 0.133. The summed E-state index contributed by atoms with van der Waals surface area (Å²) >= 11 is 1.60. The van der Waals surface area contributed by atoms with Gasteiger partial charge in [-0.3, -0.25) is 4.79 Å². The van der Waals surface area contributed by atoms with Crippen molar-refractivity contribution in [2.45, 2.75) is 44.7 Å². The Bertz CT molecular complexity index is 460. The Morgan fingerprint density at radius 1 is 1.52 bits per heavy atom. The van der Waals surface area contributed by atoms with Gasteiger partial charge < -0.3 is 15.1 Å². The van der Waals surface area contributed by atoms with E-state index in [-0.39, 0.29) is 5.91 Å². The SMILES string of the molecule is CN(C)c1nc(CNC(=O)CCC2CCCCN2C)cs1. The molecule has 6 heteroatoms. The number of likely N-dealkylation sites (tertiary alicyclic amines) is 1. The second-order valence-corrected chi connectivity index (χ2v) is 6.80. The van der Waals surface area contributed by atoms with Crippen molar-refractivity contribution in [3.63, 3.8) is 0 Å². The van der Waals surface area contributed by atoms with Gasteiger partial charge in [0.1, 0.15) is 0 Å². The summed E-state index contributed by atoms with van der Waals surface area (Å²) in [6, 6.07) is 0.573. The van der Waals surface area contributed by atoms with E-state index >= 15 is 0 Å². The van der Waals surface area contributed by atoms with E-state index in [0.717, 1.165) is 17.2 Å². The van der Waals surface area contributed by atoms with Gasteiger partial charge in [-0.05, 0) is 32.9 Å². The van der Waals surface area contributed by atoms with E-state index in [1.54, 1.807) is 11.3 Å². The van der Waals surface area contributed by atoms with Crippen LogP contribution in [0.4, 0.5) is 5.13 Å². The van der Waals surface area contributed by atoms with Crippen LogP contribution in [0.5, 0.6) is 0 Å². The fraction of sp³-hybridized carbons (Fsp3) is 0.733. The van der Waals surface area contributed by atoms with Gasteiger partial charge in [-0.25, -0.2) is 4.98 Å². The van der Waals surface area contributed by atoms with Gasteiger partial charge in [0, 0.05) is 31.9 Å². The van der Waals surface area contributed by atoms with Crippen molar-refractivity contribution in [2.24, 2.45) is 0 Å². The number of amides is 1. The topological polar surface area (TPSA) is 48.5 Å². The third kappa shape index (κ3) is 4.97. The number of thiazole rings is 1. The normalized spacial score (nSPS) is 19.5. The average molecular weight is 310 g/mol. The molecule has 1 fully saturated rings. The van der Waals surface area contributed by atoms with Crippen LogP contribution in [0, 0.1) is 0 Å². The van der Waals surface area contributed by atoms with Crippen LogP contribution in [0.15, 0.2) is 5.38 Å². The first-order valence-corrected chi connectivity index (χ1v) is 8.53. The molecule has 1 aromatic rings. The Morgan fingerprint density at radius 2 is 2.33 bits per heavy atom. The monoisotopic (exact) mass is 310 g/mol. The second kappa shape index (κ2) is 7.75. The molecule has 5 nitrogen and oxygen atoms in total. The highest BCUT2D eigenvalue weighted by molar-refractivity contribution is 7.13. The van der Waals surface area contributed by atoms with Crippen LogP contribution in [0.2, 0.25) is 0 Å². The van der Waals surface area contributed by atoms with Gasteiger partial charge in [-0.1, -0.05) is 6.42 Å². The first-order valence-electron chi connectivity index (χ1n) is 7.65. The molecule has 0 aromatic carbocycles. The van der Waals surface area contributed by atoms with E-state index in [2.05, 4.69) is 22.2 Å². The number of anilines is 1. The van der Waals surface area contributed by atoms with Crippen molar-refractivity contribution in [1.82, 2.24) is 15.2 Å². The molecule has 1 aliphatic heterocycles. The number of carbonyl (C=O) groups excluding carboxylic acids is 1. The minimum Gasteiger partial charge on any atom is -0.354 e. The highest BCUT2D eigenvalue weighted by Crippen LogP contribution is 2.19. The molecule has 0 bridgehead atoms. The predicted molar refractivity (Wildman–Crippen MR) is 87.8 cm³/mol. The Labute approximate surface area is 131 Å². The van der Waals surface area contributed by atoms with Crippen molar-refractivity contribution >= 4 is 22.4 Å². The minimum absolute atomic E-state index is 0.133. The van der Waals surface area contributed by atoms with E-state index in [9.17, 15) is 4.79 Å². The molecular weight excluding hydrogens is 284 g/mol. The number of carbonyl (C=O) groups is 1. The highest BCUT2D eigenvalue weighted by atomic mass is 32.1. The molecule has 1 amide bonds. The first kappa shape index (κ1) is 16.2. The van der Waals surface area contributed by atoms with Gasteiger partial charge in [-0.2, -0.15) is 0 Å². The van der Waals surface area contributed by atoms with Crippen molar-refractivity contribution < 1.29 is 4.79 Å². The lowest BCUT2D eigenvalue weighted by Crippen LogP contribution is -2.37. The van der Waals surface area contributed by atoms with Crippen molar-refractivity contribution in [1.29, 1.82) is 0 Å². The molecule has 21 heavy (non-hydrogen) atoms. The van der Waals surface area contributed by atoms with E-state index in [1.165, 1.54) is 25.8 Å². The number of aromatic nitrogens is 1. The predicted octanol–water partition coefficient (Wildman–Crippen LogP) is 2.09. The van der Waals surface area contributed by atoms with Gasteiger partial charge in [0.25, 0.3) is 0 Å². The lowest BCUT2D eigenvalue weighted by atomic mass is 9.98. The van der Waals surface area contributed by atoms with Crippen LogP contribution >= 0.6 is 11.3 Å². The molecule has 1 saturated heterocycles. The zero-order valence-electron chi connectivity index (χ0n) is 13.3. The zero-order valence-corrected chi connectivity index (χ0v) is 14.1. The number of nitrogens with zero attached hydrogens (tertiary/aromatic N) is 3. The van der Waals surface area contributed by atoms with Gasteiger partial charge in [0.15, 0.2) is 5.13 Å². The van der Waals surface area contributed by atoms with Gasteiger partial charge in [0.05, 0.1) is 12.2 Å². The molecule has 0 saturated carbocycles. The molecule has 1 unspecified atom stereocenters. The van der Waals surface area contributed by atoms with Crippen LogP contribution < -0.4 is 10.2 Å². The molecule has 0 radical (unpaired) electrons. The molecule has 1 N–H and O–H groups in total. The smallest absolute Gasteiger partial charge is 0.220 e. The summed E-state index contributed by atoms with van der Waals surface area (Å²) in [4.78, 5) is 20.8. The molecule has 118 valence electrons. The highest BCUT2D eigenvalue weighted by Gasteiger charge is 2.19. The third-order valence-electron chi connectivity index (χ3n) is 4.02. The van der Waals surface area contributed by atoms with Crippen molar-refractivity contribution in [3.8, 4) is 0 Å². The number of hydrogen-bond donors (Lipinski definition) is 1. The summed E-state index contributed by atoms with van der Waals surface area (Å²) in [5.74, 6) is 0.133. The second-order valence-electron chi connectivity index (χ2n) is 5.96. The van der Waals surface area contributed by atoms with Crippen LogP contribution in [0.3, 0.4) is 0 Å². The zero-order chi connectivity index (χ0) is 15.2. The summed E-state index contributed by atoms with van der Waals surface area (Å²) in [6.45, 7) is 1.70. The molecule has 0 aliphatic carbocycles. The molecule has 0 spiro atoms. The van der Waals surface area contributed by atoms with E-state index in [4.69, 9.17) is 0 Å². The summed E-state index contributed by atoms with van der Waals surface area (Å²) in [7, 11) is 6.11. The number of rotatable bonds is 6. The molecule has 1 atom stereocenters. The molecule has 2 heterocycles. The number of piperidine rings is 1. The maximum Gasteiger partial charge on any atom is 0.220 e. The standard InChI is InChI=1S/C15H26N4OS/c1-18(2)15-17-12(11-21-15)10-16-14(20)8-7-13-6-4-5-9-19(13)3/h11,13H,4-10H2,1-3H3,(H,16,20). The van der Waals surface area contributed by atoms with Crippen LogP contribution in [-0.4, -0.2) is 49.5 Å². The van der Waals surface area contributed by atoms with Crippen LogP contribution in [0.1, 0.15) is 37.8 Å². The van der Waals surface area contributed by atoms with E-state index in [1.807, 2.05) is 24.4 Å². The average Bonchev–Trinajstić information content (AvgIpc) is 2.93. The fourth-order valence-corrected chi connectivity index (χ4v) is 3.43. The van der Waals surface area contributed by atoms with Crippen molar-refractivity contribution in [2.75, 3.05) is 32.6 Å². The Balaban J connectivity index is 1.69. The molecule has 2 rings (SSSR count). The first-order chi connectivity index (χ1) is 10.1. The number of hydrogen-bond acceptors (Lipinski definition) is 5. The lowest BCUT2D eigenvalue weighted by molar-refractivity contribution is -0.121. The largest absolute Gasteiger partial charge is 0.354 e. The van der Waals surface area contributed by atoms with Gasteiger partial charge >= 0.3 is 0 Å². The molecule has 1 aliphatic rings. The fourth-order valence-electron chi connectivity index (χ4n) is 2.67.